The van der Waals surface area contributed by atoms with E-state index >= 15 is 0 Å². The maximum atomic E-state index is 12.2. The molecule has 3 amide bonds. The van der Waals surface area contributed by atoms with Gasteiger partial charge in [0.2, 0.25) is 0 Å². The van der Waals surface area contributed by atoms with Crippen molar-refractivity contribution in [3.8, 4) is 0 Å². The zero-order valence-electron chi connectivity index (χ0n) is 12.5. The molecule has 0 fully saturated rings. The lowest BCUT2D eigenvalue weighted by atomic mass is 10.1. The van der Waals surface area contributed by atoms with Crippen LogP contribution in [0.25, 0.3) is 0 Å². The van der Waals surface area contributed by atoms with Gasteiger partial charge in [-0.3, -0.25) is 9.69 Å². The summed E-state index contributed by atoms with van der Waals surface area (Å²) in [6.07, 6.45) is 0. The van der Waals surface area contributed by atoms with E-state index in [-0.39, 0.29) is 0 Å². The average Bonchev–Trinajstić information content (AvgIpc) is 2.59. The number of hydrogen-bond donors (Lipinski definition) is 2. The number of amides is 3. The van der Waals surface area contributed by atoms with Gasteiger partial charge in [0.25, 0.3) is 5.91 Å². The molecule has 2 rings (SSSR count). The number of carbonyl (C=O) groups excluding carboxylic acids is 2. The Hall–Kier alpha value is -3.15. The van der Waals surface area contributed by atoms with Crippen LogP contribution >= 0.6 is 0 Å². The Labute approximate surface area is 133 Å². The predicted molar refractivity (Wildman–Crippen MR) is 83.9 cm³/mol. The summed E-state index contributed by atoms with van der Waals surface area (Å²) in [5.41, 5.74) is 0.769. The Bertz CT molecular complexity index is 701. The number of carboxylic acids is 1. The van der Waals surface area contributed by atoms with Crippen LogP contribution in [0.15, 0.2) is 60.7 Å². The van der Waals surface area contributed by atoms with Crippen molar-refractivity contribution in [3.05, 3.63) is 71.8 Å². The maximum Gasteiger partial charge on any atom is 0.330 e. The molecule has 0 aliphatic carbocycles. The third kappa shape index (κ3) is 3.94. The smallest absolute Gasteiger partial charge is 0.330 e. The molecular weight excluding hydrogens is 296 g/mol. The quantitative estimate of drug-likeness (QED) is 0.907. The lowest BCUT2D eigenvalue weighted by Gasteiger charge is -2.20. The van der Waals surface area contributed by atoms with Crippen molar-refractivity contribution in [2.24, 2.45) is 0 Å². The molecule has 6 nitrogen and oxygen atoms in total. The summed E-state index contributed by atoms with van der Waals surface area (Å²) in [6.45, 7) is 0. The van der Waals surface area contributed by atoms with Crippen molar-refractivity contribution in [2.45, 2.75) is 6.04 Å². The van der Waals surface area contributed by atoms with E-state index in [0.29, 0.717) is 11.1 Å². The van der Waals surface area contributed by atoms with Gasteiger partial charge in [0.05, 0.1) is 0 Å². The molecule has 1 unspecified atom stereocenters. The Kier molecular flexibility index (Phi) is 5.09. The molecule has 0 bridgehead atoms. The second-order valence-electron chi connectivity index (χ2n) is 4.86. The summed E-state index contributed by atoms with van der Waals surface area (Å²) in [5, 5.41) is 11.6. The zero-order valence-corrected chi connectivity index (χ0v) is 12.5. The first-order valence-electron chi connectivity index (χ1n) is 6.92. The molecule has 0 aromatic heterocycles. The van der Waals surface area contributed by atoms with Gasteiger partial charge in [-0.05, 0) is 17.7 Å². The Balaban J connectivity index is 2.13. The first-order chi connectivity index (χ1) is 11.0. The molecule has 2 aromatic carbocycles. The number of aliphatic carboxylic acids is 1. The zero-order chi connectivity index (χ0) is 16.8. The fourth-order valence-electron chi connectivity index (χ4n) is 2.02. The standard InChI is InChI=1S/C17H16N2O4/c1-19(15(20)13-10-6-3-7-11-13)17(23)18-14(16(21)22)12-8-4-2-5-9-12/h2-11,14H,1H3,(H,18,23)(H,21,22). The topological polar surface area (TPSA) is 86.7 Å². The largest absolute Gasteiger partial charge is 0.479 e. The number of nitrogens with one attached hydrogen (secondary N) is 1. The van der Waals surface area contributed by atoms with Gasteiger partial charge < -0.3 is 10.4 Å². The van der Waals surface area contributed by atoms with Gasteiger partial charge in [-0.1, -0.05) is 48.5 Å². The highest BCUT2D eigenvalue weighted by Gasteiger charge is 2.26. The fourth-order valence-corrected chi connectivity index (χ4v) is 2.02. The monoisotopic (exact) mass is 312 g/mol. The van der Waals surface area contributed by atoms with Crippen LogP contribution in [0.1, 0.15) is 22.0 Å². The van der Waals surface area contributed by atoms with Crippen LogP contribution in [0, 0.1) is 0 Å². The number of nitrogens with zero attached hydrogens (tertiary/aromatic N) is 1. The maximum absolute atomic E-state index is 12.2. The number of carboxylic acid groups (broad SMARTS) is 1. The van der Waals surface area contributed by atoms with Gasteiger partial charge in [0, 0.05) is 12.6 Å². The molecule has 0 saturated heterocycles. The predicted octanol–water partition coefficient (Wildman–Crippen LogP) is 2.29. The minimum atomic E-state index is -1.23. The lowest BCUT2D eigenvalue weighted by molar-refractivity contribution is -0.139. The third-order valence-corrected chi connectivity index (χ3v) is 3.28. The highest BCUT2D eigenvalue weighted by molar-refractivity contribution is 6.04. The Morgan fingerprint density at radius 2 is 1.48 bits per heavy atom. The first-order valence-corrected chi connectivity index (χ1v) is 6.92. The van der Waals surface area contributed by atoms with E-state index in [2.05, 4.69) is 5.32 Å². The van der Waals surface area contributed by atoms with Crippen LogP contribution in [0.2, 0.25) is 0 Å². The molecule has 0 aliphatic rings. The molecule has 1 atom stereocenters. The van der Waals surface area contributed by atoms with E-state index in [1.165, 1.54) is 7.05 Å². The summed E-state index contributed by atoms with van der Waals surface area (Å²) >= 11 is 0. The average molecular weight is 312 g/mol. The van der Waals surface area contributed by atoms with Crippen molar-refractivity contribution in [2.75, 3.05) is 7.05 Å². The van der Waals surface area contributed by atoms with Gasteiger partial charge in [-0.25, -0.2) is 9.59 Å². The molecule has 2 aromatic rings. The van der Waals surface area contributed by atoms with Crippen molar-refractivity contribution in [1.29, 1.82) is 0 Å². The highest BCUT2D eigenvalue weighted by Crippen LogP contribution is 2.13. The van der Waals surface area contributed by atoms with Crippen LogP contribution in [0.5, 0.6) is 0 Å². The molecular formula is C17H16N2O4. The van der Waals surface area contributed by atoms with E-state index < -0.39 is 23.9 Å². The van der Waals surface area contributed by atoms with E-state index in [1.54, 1.807) is 60.7 Å². The summed E-state index contributed by atoms with van der Waals surface area (Å²) in [7, 11) is 1.30. The van der Waals surface area contributed by atoms with Gasteiger partial charge >= 0.3 is 12.0 Å². The minimum Gasteiger partial charge on any atom is -0.479 e. The van der Waals surface area contributed by atoms with Crippen LogP contribution in [-0.4, -0.2) is 35.0 Å². The van der Waals surface area contributed by atoms with Crippen LogP contribution in [0.3, 0.4) is 0 Å². The van der Waals surface area contributed by atoms with Crippen molar-refractivity contribution in [1.82, 2.24) is 10.2 Å². The van der Waals surface area contributed by atoms with Gasteiger partial charge in [0.15, 0.2) is 6.04 Å². The summed E-state index contributed by atoms with van der Waals surface area (Å²) in [6, 6.07) is 14.6. The normalized spacial score (nSPS) is 11.3. The van der Waals surface area contributed by atoms with E-state index in [4.69, 9.17) is 0 Å². The first kappa shape index (κ1) is 16.2. The fraction of sp³-hybridized carbons (Fsp3) is 0.118. The van der Waals surface area contributed by atoms with Crippen LogP contribution < -0.4 is 5.32 Å². The van der Waals surface area contributed by atoms with Crippen LogP contribution in [-0.2, 0) is 4.79 Å². The molecule has 6 heteroatoms. The second kappa shape index (κ2) is 7.22. The molecule has 0 radical (unpaired) electrons. The number of carbonyl (C=O) groups is 3. The van der Waals surface area contributed by atoms with Gasteiger partial charge in [0.1, 0.15) is 0 Å². The molecule has 0 spiro atoms. The van der Waals surface area contributed by atoms with Crippen molar-refractivity contribution in [3.63, 3.8) is 0 Å². The summed E-state index contributed by atoms with van der Waals surface area (Å²) in [5.74, 6) is -1.72. The van der Waals surface area contributed by atoms with E-state index in [0.717, 1.165) is 4.90 Å². The SMILES string of the molecule is CN(C(=O)NC(C(=O)O)c1ccccc1)C(=O)c1ccccc1. The van der Waals surface area contributed by atoms with Crippen molar-refractivity contribution >= 4 is 17.9 Å². The third-order valence-electron chi connectivity index (χ3n) is 3.28. The molecule has 23 heavy (non-hydrogen) atoms. The minimum absolute atomic E-state index is 0.344. The lowest BCUT2D eigenvalue weighted by Crippen LogP contribution is -2.44. The summed E-state index contributed by atoms with van der Waals surface area (Å²) in [4.78, 5) is 36.6. The second-order valence-corrected chi connectivity index (χ2v) is 4.86. The van der Waals surface area contributed by atoms with Crippen molar-refractivity contribution < 1.29 is 19.5 Å². The van der Waals surface area contributed by atoms with E-state index in [9.17, 15) is 19.5 Å². The molecule has 0 aliphatic heterocycles. The molecule has 2 N–H and O–H groups in total. The van der Waals surface area contributed by atoms with Gasteiger partial charge in [-0.15, -0.1) is 0 Å². The number of benzene rings is 2. The molecule has 0 saturated carbocycles. The number of imide groups is 1. The highest BCUT2D eigenvalue weighted by atomic mass is 16.4. The molecule has 0 heterocycles. The molecule has 118 valence electrons. The summed E-state index contributed by atoms with van der Waals surface area (Å²) < 4.78 is 0. The Morgan fingerprint density at radius 3 is 2.00 bits per heavy atom. The van der Waals surface area contributed by atoms with E-state index in [1.807, 2.05) is 0 Å². The number of rotatable bonds is 4. The number of urea groups is 1. The van der Waals surface area contributed by atoms with Gasteiger partial charge in [-0.2, -0.15) is 0 Å². The Morgan fingerprint density at radius 1 is 0.957 bits per heavy atom. The number of hydrogen-bond acceptors (Lipinski definition) is 3. The van der Waals surface area contributed by atoms with Crippen LogP contribution in [0.4, 0.5) is 4.79 Å².